The Morgan fingerprint density at radius 3 is 2.79 bits per heavy atom. The van der Waals surface area contributed by atoms with Crippen molar-refractivity contribution in [1.29, 1.82) is 5.26 Å². The van der Waals surface area contributed by atoms with Crippen LogP contribution in [0.5, 0.6) is 0 Å². The summed E-state index contributed by atoms with van der Waals surface area (Å²) in [6, 6.07) is 7.99. The third-order valence-corrected chi connectivity index (χ3v) is 3.34. The van der Waals surface area contributed by atoms with Crippen LogP contribution in [0.15, 0.2) is 24.4 Å². The van der Waals surface area contributed by atoms with Gasteiger partial charge in [0.1, 0.15) is 6.07 Å². The third kappa shape index (κ3) is 1.66. The molecule has 0 amide bonds. The molecule has 5 nitrogen and oxygen atoms in total. The molecule has 0 saturated heterocycles. The quantitative estimate of drug-likeness (QED) is 0.651. The fourth-order valence-corrected chi connectivity index (χ4v) is 2.09. The van der Waals surface area contributed by atoms with Crippen molar-refractivity contribution in [2.75, 3.05) is 5.73 Å². The van der Waals surface area contributed by atoms with Crippen LogP contribution in [-0.2, 0) is 0 Å². The molecule has 3 N–H and O–H groups in total. The second-order valence-electron chi connectivity index (χ2n) is 4.62. The van der Waals surface area contributed by atoms with Crippen molar-refractivity contribution >= 4 is 11.3 Å². The van der Waals surface area contributed by atoms with Gasteiger partial charge in [-0.05, 0) is 25.5 Å². The van der Waals surface area contributed by atoms with Crippen LogP contribution in [0.1, 0.15) is 16.7 Å². The van der Waals surface area contributed by atoms with E-state index in [-0.39, 0.29) is 0 Å². The molecule has 5 heteroatoms. The number of hydrogen-bond acceptors (Lipinski definition) is 3. The molecule has 0 bridgehead atoms. The predicted octanol–water partition coefficient (Wildman–Crippen LogP) is 2.40. The number of aryl methyl sites for hydroxylation is 2. The predicted molar refractivity (Wildman–Crippen MR) is 73.6 cm³/mol. The molecular weight excluding hydrogens is 238 g/mol. The maximum atomic E-state index is 8.97. The van der Waals surface area contributed by atoms with Gasteiger partial charge in [-0.3, -0.25) is 5.10 Å². The topological polar surface area (TPSA) is 82.9 Å². The van der Waals surface area contributed by atoms with Crippen molar-refractivity contribution in [3.8, 4) is 17.5 Å². The lowest BCUT2D eigenvalue weighted by atomic mass is 10.1. The van der Waals surface area contributed by atoms with Crippen molar-refractivity contribution < 1.29 is 0 Å². The Bertz CT molecular complexity index is 816. The standard InChI is InChI=1S/C14H13N5/c1-8-3-4-10(5-12(8)16)13-17-14-9(2)11(6-15)7-19(14)18-13/h3-5,7H,16H2,1-2H3,(H,17,18). The first kappa shape index (κ1) is 11.4. The number of hydrogen-bond donors (Lipinski definition) is 2. The summed E-state index contributed by atoms with van der Waals surface area (Å²) in [5, 5.41) is 12.1. The molecule has 0 atom stereocenters. The Morgan fingerprint density at radius 1 is 1.37 bits per heavy atom. The van der Waals surface area contributed by atoms with Crippen LogP contribution in [0, 0.1) is 25.2 Å². The molecule has 19 heavy (non-hydrogen) atoms. The van der Waals surface area contributed by atoms with Crippen LogP contribution >= 0.6 is 0 Å². The van der Waals surface area contributed by atoms with Gasteiger partial charge in [0.15, 0.2) is 11.5 Å². The number of aromatic nitrogens is 3. The number of rotatable bonds is 1. The number of nitrogen functional groups attached to an aromatic ring is 1. The summed E-state index contributed by atoms with van der Waals surface area (Å²) < 4.78 is 1.76. The average molecular weight is 251 g/mol. The van der Waals surface area contributed by atoms with Gasteiger partial charge in [0.2, 0.25) is 0 Å². The van der Waals surface area contributed by atoms with Crippen LogP contribution in [0.4, 0.5) is 5.69 Å². The van der Waals surface area contributed by atoms with Crippen LogP contribution < -0.4 is 5.73 Å². The van der Waals surface area contributed by atoms with Gasteiger partial charge in [0, 0.05) is 23.0 Å². The molecule has 2 heterocycles. The van der Waals surface area contributed by atoms with Gasteiger partial charge in [-0.15, -0.1) is 0 Å². The van der Waals surface area contributed by atoms with Gasteiger partial charge in [-0.25, -0.2) is 9.50 Å². The Labute approximate surface area is 110 Å². The molecule has 3 rings (SSSR count). The molecule has 0 fully saturated rings. The maximum Gasteiger partial charge on any atom is 0.158 e. The van der Waals surface area contributed by atoms with Crippen LogP contribution in [0.3, 0.4) is 0 Å². The summed E-state index contributed by atoms with van der Waals surface area (Å²) in [6.45, 7) is 3.86. The molecule has 1 aromatic carbocycles. The fourth-order valence-electron chi connectivity index (χ4n) is 2.09. The van der Waals surface area contributed by atoms with Gasteiger partial charge >= 0.3 is 0 Å². The number of fused-ring (bicyclic) bond motifs is 1. The molecule has 0 radical (unpaired) electrons. The molecule has 0 unspecified atom stereocenters. The Balaban J connectivity index is 2.16. The van der Waals surface area contributed by atoms with Gasteiger partial charge in [-0.1, -0.05) is 12.1 Å². The van der Waals surface area contributed by atoms with Gasteiger partial charge in [-0.2, -0.15) is 5.26 Å². The Morgan fingerprint density at radius 2 is 2.16 bits per heavy atom. The number of nitrogens with one attached hydrogen (secondary N) is 1. The first-order valence-electron chi connectivity index (χ1n) is 5.94. The van der Waals surface area contributed by atoms with Gasteiger partial charge in [0.25, 0.3) is 0 Å². The summed E-state index contributed by atoms with van der Waals surface area (Å²) in [7, 11) is 0. The molecular formula is C14H13N5. The average Bonchev–Trinajstić information content (AvgIpc) is 2.93. The fraction of sp³-hybridized carbons (Fsp3) is 0.143. The van der Waals surface area contributed by atoms with E-state index in [1.54, 1.807) is 10.7 Å². The van der Waals surface area contributed by atoms with E-state index < -0.39 is 0 Å². The zero-order valence-corrected chi connectivity index (χ0v) is 10.7. The number of aromatic amines is 1. The molecule has 0 aliphatic carbocycles. The van der Waals surface area contributed by atoms with E-state index >= 15 is 0 Å². The highest BCUT2D eigenvalue weighted by atomic mass is 15.3. The largest absolute Gasteiger partial charge is 0.398 e. The molecule has 94 valence electrons. The van der Waals surface area contributed by atoms with Crippen molar-refractivity contribution in [3.05, 3.63) is 41.1 Å². The first-order valence-corrected chi connectivity index (χ1v) is 5.94. The van der Waals surface area contributed by atoms with Crippen molar-refractivity contribution in [2.45, 2.75) is 13.8 Å². The molecule has 0 saturated carbocycles. The molecule has 0 aliphatic heterocycles. The lowest BCUT2D eigenvalue weighted by Gasteiger charge is -2.01. The van der Waals surface area contributed by atoms with Gasteiger partial charge in [0.05, 0.1) is 5.56 Å². The number of benzene rings is 1. The van der Waals surface area contributed by atoms with Crippen LogP contribution in [0.2, 0.25) is 0 Å². The third-order valence-electron chi connectivity index (χ3n) is 3.34. The highest BCUT2D eigenvalue weighted by Gasteiger charge is 2.12. The van der Waals surface area contributed by atoms with Crippen molar-refractivity contribution in [2.24, 2.45) is 0 Å². The molecule has 3 aromatic rings. The highest BCUT2D eigenvalue weighted by Crippen LogP contribution is 2.23. The first-order chi connectivity index (χ1) is 9.10. The van der Waals surface area contributed by atoms with Gasteiger partial charge < -0.3 is 5.73 Å². The lowest BCUT2D eigenvalue weighted by Crippen LogP contribution is -1.91. The molecule has 0 spiro atoms. The molecule has 2 aromatic heterocycles. The van der Waals surface area contributed by atoms with E-state index in [2.05, 4.69) is 16.2 Å². The second kappa shape index (κ2) is 3.89. The number of nitriles is 1. The summed E-state index contributed by atoms with van der Waals surface area (Å²) >= 11 is 0. The van der Waals surface area contributed by atoms with Crippen LogP contribution in [-0.4, -0.2) is 14.6 Å². The second-order valence-corrected chi connectivity index (χ2v) is 4.62. The zero-order valence-electron chi connectivity index (χ0n) is 10.7. The van der Waals surface area contributed by atoms with E-state index in [0.29, 0.717) is 5.56 Å². The van der Waals surface area contributed by atoms with Crippen molar-refractivity contribution in [1.82, 2.24) is 14.6 Å². The van der Waals surface area contributed by atoms with E-state index in [1.165, 1.54) is 0 Å². The summed E-state index contributed by atoms with van der Waals surface area (Å²) in [5.74, 6) is 0.745. The minimum Gasteiger partial charge on any atom is -0.398 e. The van der Waals surface area contributed by atoms with E-state index in [4.69, 9.17) is 11.0 Å². The SMILES string of the molecule is Cc1ccc(-c2nc3c(C)c(C#N)cn3[nH]2)cc1N. The van der Waals surface area contributed by atoms with Crippen molar-refractivity contribution in [3.63, 3.8) is 0 Å². The highest BCUT2D eigenvalue weighted by molar-refractivity contribution is 5.67. The monoisotopic (exact) mass is 251 g/mol. The Kier molecular flexibility index (Phi) is 2.32. The van der Waals surface area contributed by atoms with E-state index in [1.807, 2.05) is 32.0 Å². The normalized spacial score (nSPS) is 10.8. The summed E-state index contributed by atoms with van der Waals surface area (Å²) in [4.78, 5) is 4.52. The Hall–Kier alpha value is -2.74. The number of nitrogens with two attached hydrogens (primary N) is 1. The minimum absolute atomic E-state index is 0.633. The summed E-state index contributed by atoms with van der Waals surface area (Å²) in [5.41, 5.74) is 10.9. The minimum atomic E-state index is 0.633. The number of H-pyrrole nitrogens is 1. The number of anilines is 1. The van der Waals surface area contributed by atoms with E-state index in [9.17, 15) is 0 Å². The molecule has 0 aliphatic rings. The summed E-state index contributed by atoms with van der Waals surface area (Å²) in [6.07, 6.45) is 1.75. The maximum absolute atomic E-state index is 8.97. The number of nitrogens with zero attached hydrogens (tertiary/aromatic N) is 3. The smallest absolute Gasteiger partial charge is 0.158 e. The van der Waals surface area contributed by atoms with E-state index in [0.717, 1.165) is 33.8 Å². The van der Waals surface area contributed by atoms with Crippen LogP contribution in [0.25, 0.3) is 17.0 Å². The zero-order chi connectivity index (χ0) is 13.6. The lowest BCUT2D eigenvalue weighted by molar-refractivity contribution is 0.979.